The molecule has 2 unspecified atom stereocenters. The number of benzene rings is 2. The minimum absolute atomic E-state index is 0.182. The van der Waals surface area contributed by atoms with Crippen LogP contribution in [0, 0.1) is 0 Å². The number of ether oxygens (including phenoxy) is 3. The van der Waals surface area contributed by atoms with E-state index in [4.69, 9.17) is 19.9 Å². The first-order valence-corrected chi connectivity index (χ1v) is 6.77. The number of nitrogens with zero attached hydrogens (tertiary/aromatic N) is 1. The van der Waals surface area contributed by atoms with Crippen molar-refractivity contribution in [2.45, 2.75) is 11.9 Å². The van der Waals surface area contributed by atoms with E-state index in [0.717, 1.165) is 0 Å². The monoisotopic (exact) mass is 300 g/mol. The first-order valence-electron chi connectivity index (χ1n) is 6.77. The van der Waals surface area contributed by atoms with Crippen LogP contribution in [0.3, 0.4) is 0 Å². The molecule has 0 radical (unpaired) electrons. The summed E-state index contributed by atoms with van der Waals surface area (Å²) in [4.78, 5) is 4.28. The van der Waals surface area contributed by atoms with Crippen molar-refractivity contribution in [2.75, 3.05) is 7.11 Å². The van der Waals surface area contributed by atoms with Crippen LogP contribution in [0.4, 0.5) is 4.39 Å². The topological polar surface area (TPSA) is 66.1 Å². The van der Waals surface area contributed by atoms with Crippen molar-refractivity contribution in [2.24, 2.45) is 10.7 Å². The van der Waals surface area contributed by atoms with Gasteiger partial charge in [-0.25, -0.2) is 4.99 Å². The molecule has 2 aliphatic rings. The number of alkyl halides is 1. The molecule has 5 nitrogen and oxygen atoms in total. The standard InChI is InChI=1S/C16H13FN2O3/c1-20-9-6-7-13-11(8-9)16(14(17)22-15(18)19-16)10-4-2-3-5-12(10)21-13/h2-8,14H,1H3,(H2,18,19). The predicted molar refractivity (Wildman–Crippen MR) is 77.9 cm³/mol. The number of para-hydroxylation sites is 1. The number of methoxy groups -OCH3 is 1. The maximum Gasteiger partial charge on any atom is 0.286 e. The van der Waals surface area contributed by atoms with E-state index >= 15 is 0 Å². The molecule has 2 atom stereocenters. The third-order valence-corrected chi connectivity index (χ3v) is 3.95. The van der Waals surface area contributed by atoms with Crippen molar-refractivity contribution >= 4 is 6.02 Å². The molecule has 2 N–H and O–H groups in total. The fourth-order valence-electron chi connectivity index (χ4n) is 2.96. The van der Waals surface area contributed by atoms with Gasteiger partial charge < -0.3 is 19.9 Å². The molecule has 0 bridgehead atoms. The molecular formula is C16H13FN2O3. The van der Waals surface area contributed by atoms with Crippen LogP contribution in [0.25, 0.3) is 0 Å². The second-order valence-corrected chi connectivity index (χ2v) is 5.11. The van der Waals surface area contributed by atoms with Gasteiger partial charge in [-0.2, -0.15) is 4.39 Å². The maximum absolute atomic E-state index is 14.8. The minimum atomic E-state index is -1.73. The van der Waals surface area contributed by atoms with Gasteiger partial charge in [0.15, 0.2) is 5.54 Å². The summed E-state index contributed by atoms with van der Waals surface area (Å²) < 4.78 is 30.9. The quantitative estimate of drug-likeness (QED) is 0.879. The lowest BCUT2D eigenvalue weighted by Crippen LogP contribution is -2.36. The van der Waals surface area contributed by atoms with Gasteiger partial charge in [0.05, 0.1) is 7.11 Å². The summed E-state index contributed by atoms with van der Waals surface area (Å²) in [5, 5.41) is 0. The van der Waals surface area contributed by atoms with Crippen LogP contribution >= 0.6 is 0 Å². The first kappa shape index (κ1) is 12.9. The smallest absolute Gasteiger partial charge is 0.286 e. The normalized spacial score (nSPS) is 24.8. The highest BCUT2D eigenvalue weighted by molar-refractivity contribution is 5.77. The van der Waals surface area contributed by atoms with Crippen molar-refractivity contribution < 1.29 is 18.6 Å². The number of hydrogen-bond acceptors (Lipinski definition) is 5. The maximum atomic E-state index is 14.8. The van der Waals surface area contributed by atoms with E-state index in [0.29, 0.717) is 28.4 Å². The minimum Gasteiger partial charge on any atom is -0.497 e. The molecular weight excluding hydrogens is 287 g/mol. The number of fused-ring (bicyclic) bond motifs is 4. The molecule has 2 heterocycles. The van der Waals surface area contributed by atoms with Gasteiger partial charge in [-0.3, -0.25) is 0 Å². The Morgan fingerprint density at radius 2 is 1.95 bits per heavy atom. The number of amidine groups is 1. The Balaban J connectivity index is 2.05. The molecule has 2 aliphatic heterocycles. The largest absolute Gasteiger partial charge is 0.497 e. The van der Waals surface area contributed by atoms with Crippen molar-refractivity contribution in [3.05, 3.63) is 53.6 Å². The zero-order chi connectivity index (χ0) is 15.3. The Morgan fingerprint density at radius 3 is 2.68 bits per heavy atom. The molecule has 112 valence electrons. The SMILES string of the molecule is COc1ccc2c(c1)C1(N=C(N)OC1F)c1ccccc1O2. The number of halogens is 1. The van der Waals surface area contributed by atoms with Crippen LogP contribution in [0.5, 0.6) is 17.2 Å². The van der Waals surface area contributed by atoms with Crippen LogP contribution in [0.1, 0.15) is 11.1 Å². The second kappa shape index (κ2) is 4.37. The Bertz CT molecular complexity index is 793. The number of rotatable bonds is 1. The average molecular weight is 300 g/mol. The third kappa shape index (κ3) is 1.55. The summed E-state index contributed by atoms with van der Waals surface area (Å²) in [7, 11) is 1.54. The van der Waals surface area contributed by atoms with Crippen LogP contribution in [-0.2, 0) is 10.3 Å². The summed E-state index contributed by atoms with van der Waals surface area (Å²) in [6.07, 6.45) is -1.73. The van der Waals surface area contributed by atoms with Crippen LogP contribution in [0.15, 0.2) is 47.5 Å². The lowest BCUT2D eigenvalue weighted by Gasteiger charge is -2.34. The molecule has 22 heavy (non-hydrogen) atoms. The van der Waals surface area contributed by atoms with Gasteiger partial charge in [-0.15, -0.1) is 0 Å². The van der Waals surface area contributed by atoms with Crippen molar-refractivity contribution in [3.63, 3.8) is 0 Å². The summed E-state index contributed by atoms with van der Waals surface area (Å²) in [5.74, 6) is 1.61. The first-order chi connectivity index (χ1) is 10.6. The van der Waals surface area contributed by atoms with E-state index in [2.05, 4.69) is 4.99 Å². The summed E-state index contributed by atoms with van der Waals surface area (Å²) >= 11 is 0. The Morgan fingerprint density at radius 1 is 1.18 bits per heavy atom. The van der Waals surface area contributed by atoms with Crippen molar-refractivity contribution in [3.8, 4) is 17.2 Å². The van der Waals surface area contributed by atoms with Gasteiger partial charge >= 0.3 is 0 Å². The van der Waals surface area contributed by atoms with Gasteiger partial charge in [0.1, 0.15) is 17.2 Å². The van der Waals surface area contributed by atoms with Gasteiger partial charge in [0, 0.05) is 11.1 Å². The third-order valence-electron chi connectivity index (χ3n) is 3.95. The highest BCUT2D eigenvalue weighted by atomic mass is 19.1. The van der Waals surface area contributed by atoms with Crippen molar-refractivity contribution in [1.82, 2.24) is 0 Å². The van der Waals surface area contributed by atoms with E-state index in [1.54, 1.807) is 43.5 Å². The zero-order valence-electron chi connectivity index (χ0n) is 11.7. The van der Waals surface area contributed by atoms with E-state index in [1.807, 2.05) is 6.07 Å². The van der Waals surface area contributed by atoms with E-state index < -0.39 is 11.9 Å². The highest BCUT2D eigenvalue weighted by Gasteiger charge is 2.54. The molecule has 0 aromatic heterocycles. The number of hydrogen-bond donors (Lipinski definition) is 1. The van der Waals surface area contributed by atoms with Gasteiger partial charge in [-0.05, 0) is 24.3 Å². The van der Waals surface area contributed by atoms with Gasteiger partial charge in [0.25, 0.3) is 12.4 Å². The van der Waals surface area contributed by atoms with Gasteiger partial charge in [-0.1, -0.05) is 18.2 Å². The molecule has 0 saturated carbocycles. The van der Waals surface area contributed by atoms with Crippen LogP contribution < -0.4 is 15.2 Å². The Labute approximate surface area is 126 Å². The number of aliphatic imine (C=N–C) groups is 1. The van der Waals surface area contributed by atoms with Gasteiger partial charge in [0.2, 0.25) is 0 Å². The molecule has 0 amide bonds. The molecule has 1 spiro atoms. The lowest BCUT2D eigenvalue weighted by molar-refractivity contribution is 0.0218. The molecule has 0 saturated heterocycles. The summed E-state index contributed by atoms with van der Waals surface area (Å²) in [6, 6.07) is 12.1. The van der Waals surface area contributed by atoms with Crippen LogP contribution in [0.2, 0.25) is 0 Å². The molecule has 6 heteroatoms. The Hall–Kier alpha value is -2.76. The molecule has 4 rings (SSSR count). The fraction of sp³-hybridized carbons (Fsp3) is 0.188. The molecule has 2 aromatic carbocycles. The fourth-order valence-corrected chi connectivity index (χ4v) is 2.96. The van der Waals surface area contributed by atoms with E-state index in [9.17, 15) is 4.39 Å². The summed E-state index contributed by atoms with van der Waals surface area (Å²) in [5.41, 5.74) is 5.36. The lowest BCUT2D eigenvalue weighted by atomic mass is 9.80. The molecule has 0 fully saturated rings. The summed E-state index contributed by atoms with van der Waals surface area (Å²) in [6.45, 7) is 0. The molecule has 2 aromatic rings. The Kier molecular flexibility index (Phi) is 2.57. The highest BCUT2D eigenvalue weighted by Crippen LogP contribution is 2.54. The zero-order valence-corrected chi connectivity index (χ0v) is 11.7. The van der Waals surface area contributed by atoms with E-state index in [1.165, 1.54) is 0 Å². The average Bonchev–Trinajstić information content (AvgIpc) is 2.83. The van der Waals surface area contributed by atoms with Crippen LogP contribution in [-0.4, -0.2) is 19.5 Å². The second-order valence-electron chi connectivity index (χ2n) is 5.11. The molecule has 0 aliphatic carbocycles. The van der Waals surface area contributed by atoms with Crippen molar-refractivity contribution in [1.29, 1.82) is 0 Å². The number of nitrogens with two attached hydrogens (primary N) is 1. The van der Waals surface area contributed by atoms with E-state index in [-0.39, 0.29) is 6.02 Å². The predicted octanol–water partition coefficient (Wildman–Crippen LogP) is 2.69.